The monoisotopic (exact) mass is 271 g/mol. The highest BCUT2D eigenvalue weighted by molar-refractivity contribution is 7.10. The van der Waals surface area contributed by atoms with E-state index in [2.05, 4.69) is 22.1 Å². The van der Waals surface area contributed by atoms with E-state index in [9.17, 15) is 4.79 Å². The Bertz CT molecular complexity index is 610. The first-order valence-corrected chi connectivity index (χ1v) is 6.62. The Morgan fingerprint density at radius 1 is 1.37 bits per heavy atom. The highest BCUT2D eigenvalue weighted by atomic mass is 32.1. The van der Waals surface area contributed by atoms with Gasteiger partial charge in [0.2, 0.25) is 0 Å². The van der Waals surface area contributed by atoms with E-state index in [0.717, 1.165) is 10.4 Å². The first kappa shape index (κ1) is 13.3. The van der Waals surface area contributed by atoms with Crippen molar-refractivity contribution in [3.63, 3.8) is 0 Å². The molecule has 1 amide bonds. The molecule has 0 bridgehead atoms. The predicted octanol–water partition coefficient (Wildman–Crippen LogP) is 1.38. The van der Waals surface area contributed by atoms with Gasteiger partial charge in [0, 0.05) is 28.4 Å². The fraction of sp³-hybridized carbons (Fsp3) is 0.143. The zero-order valence-corrected chi connectivity index (χ0v) is 11.0. The van der Waals surface area contributed by atoms with Crippen molar-refractivity contribution >= 4 is 17.2 Å². The van der Waals surface area contributed by atoms with E-state index in [0.29, 0.717) is 18.7 Å². The number of nitrogens with zero attached hydrogens (tertiary/aromatic N) is 1. The maximum absolute atomic E-state index is 11.9. The smallest absolute Gasteiger partial charge is 0.251 e. The lowest BCUT2D eigenvalue weighted by Crippen LogP contribution is -2.22. The summed E-state index contributed by atoms with van der Waals surface area (Å²) in [6, 6.07) is 5.29. The zero-order chi connectivity index (χ0) is 13.5. The van der Waals surface area contributed by atoms with Crippen molar-refractivity contribution in [3.05, 3.63) is 52.0 Å². The maximum atomic E-state index is 11.9. The van der Waals surface area contributed by atoms with Gasteiger partial charge in [-0.25, -0.2) is 0 Å². The van der Waals surface area contributed by atoms with E-state index >= 15 is 0 Å². The Morgan fingerprint density at radius 3 is 2.89 bits per heavy atom. The van der Waals surface area contributed by atoms with Crippen LogP contribution in [0.25, 0.3) is 0 Å². The van der Waals surface area contributed by atoms with Crippen LogP contribution in [0.3, 0.4) is 0 Å². The second kappa shape index (κ2) is 6.69. The largest absolute Gasteiger partial charge is 0.347 e. The quantitative estimate of drug-likeness (QED) is 0.829. The summed E-state index contributed by atoms with van der Waals surface area (Å²) in [4.78, 5) is 16.8. The number of carbonyl (C=O) groups excluding carboxylic acids is 1. The fourth-order valence-corrected chi connectivity index (χ4v) is 2.27. The molecule has 0 aromatic carbocycles. The third-order valence-electron chi connectivity index (χ3n) is 2.42. The molecule has 0 aliphatic carbocycles. The van der Waals surface area contributed by atoms with Crippen molar-refractivity contribution in [1.29, 1.82) is 0 Å². The maximum Gasteiger partial charge on any atom is 0.251 e. The normalized spacial score (nSPS) is 9.53. The summed E-state index contributed by atoms with van der Waals surface area (Å²) in [7, 11) is 0. The molecular formula is C14H13N3OS. The molecular weight excluding hydrogens is 258 g/mol. The topological polar surface area (TPSA) is 68.0 Å². The Morgan fingerprint density at radius 2 is 2.16 bits per heavy atom. The molecule has 0 aliphatic heterocycles. The SMILES string of the molecule is NCC#Cc1ccsc1CNC(=O)c1ccncc1. The molecule has 0 fully saturated rings. The van der Waals surface area contributed by atoms with Gasteiger partial charge in [-0.1, -0.05) is 11.8 Å². The van der Waals surface area contributed by atoms with Crippen LogP contribution in [0.4, 0.5) is 0 Å². The molecule has 96 valence electrons. The van der Waals surface area contributed by atoms with Crippen LogP contribution in [0.1, 0.15) is 20.8 Å². The first-order valence-electron chi connectivity index (χ1n) is 5.75. The Labute approximate surface area is 115 Å². The van der Waals surface area contributed by atoms with Crippen molar-refractivity contribution < 1.29 is 4.79 Å². The molecule has 2 aromatic rings. The number of hydrogen-bond donors (Lipinski definition) is 2. The van der Waals surface area contributed by atoms with Gasteiger partial charge in [0.25, 0.3) is 5.91 Å². The number of amides is 1. The van der Waals surface area contributed by atoms with Crippen molar-refractivity contribution in [2.75, 3.05) is 6.54 Å². The van der Waals surface area contributed by atoms with Crippen LogP contribution in [0.5, 0.6) is 0 Å². The van der Waals surface area contributed by atoms with Crippen LogP contribution in [0.15, 0.2) is 36.0 Å². The summed E-state index contributed by atoms with van der Waals surface area (Å²) < 4.78 is 0. The van der Waals surface area contributed by atoms with E-state index in [1.54, 1.807) is 35.9 Å². The van der Waals surface area contributed by atoms with E-state index in [1.165, 1.54) is 0 Å². The van der Waals surface area contributed by atoms with Gasteiger partial charge >= 0.3 is 0 Å². The summed E-state index contributed by atoms with van der Waals surface area (Å²) in [5, 5.41) is 4.82. The zero-order valence-electron chi connectivity index (χ0n) is 10.2. The van der Waals surface area contributed by atoms with Crippen LogP contribution in [-0.2, 0) is 6.54 Å². The Kier molecular flexibility index (Phi) is 4.67. The second-order valence-corrected chi connectivity index (χ2v) is 4.68. The lowest BCUT2D eigenvalue weighted by molar-refractivity contribution is 0.0951. The number of aromatic nitrogens is 1. The van der Waals surface area contributed by atoms with Gasteiger partial charge in [0.15, 0.2) is 0 Å². The van der Waals surface area contributed by atoms with Gasteiger partial charge in [0.05, 0.1) is 13.1 Å². The average molecular weight is 271 g/mol. The molecule has 4 nitrogen and oxygen atoms in total. The number of thiophene rings is 1. The molecule has 0 aliphatic rings. The average Bonchev–Trinajstić information content (AvgIpc) is 2.91. The Balaban J connectivity index is 2.00. The van der Waals surface area contributed by atoms with Crippen molar-refractivity contribution in [2.45, 2.75) is 6.54 Å². The van der Waals surface area contributed by atoms with Gasteiger partial charge in [-0.05, 0) is 23.6 Å². The molecule has 2 aromatic heterocycles. The molecule has 3 N–H and O–H groups in total. The number of carbonyl (C=O) groups is 1. The van der Waals surface area contributed by atoms with Crippen molar-refractivity contribution in [3.8, 4) is 11.8 Å². The second-order valence-electron chi connectivity index (χ2n) is 3.68. The van der Waals surface area contributed by atoms with E-state index in [-0.39, 0.29) is 5.91 Å². The lowest BCUT2D eigenvalue weighted by Gasteiger charge is -2.03. The minimum absolute atomic E-state index is 0.117. The van der Waals surface area contributed by atoms with Gasteiger partial charge in [-0.15, -0.1) is 11.3 Å². The molecule has 0 atom stereocenters. The van der Waals surface area contributed by atoms with Gasteiger partial charge < -0.3 is 11.1 Å². The Hall–Kier alpha value is -2.16. The van der Waals surface area contributed by atoms with Crippen LogP contribution >= 0.6 is 11.3 Å². The van der Waals surface area contributed by atoms with Crippen LogP contribution in [-0.4, -0.2) is 17.4 Å². The summed E-state index contributed by atoms with van der Waals surface area (Å²) in [5.74, 6) is 5.69. The van der Waals surface area contributed by atoms with E-state index < -0.39 is 0 Å². The minimum Gasteiger partial charge on any atom is -0.347 e. The number of nitrogens with two attached hydrogens (primary N) is 1. The fourth-order valence-electron chi connectivity index (χ4n) is 1.50. The number of rotatable bonds is 3. The van der Waals surface area contributed by atoms with Crippen molar-refractivity contribution in [1.82, 2.24) is 10.3 Å². The van der Waals surface area contributed by atoms with Gasteiger partial charge in [-0.3, -0.25) is 9.78 Å². The molecule has 2 rings (SSSR count). The predicted molar refractivity (Wildman–Crippen MR) is 75.7 cm³/mol. The molecule has 5 heteroatoms. The minimum atomic E-state index is -0.117. The number of pyridine rings is 1. The van der Waals surface area contributed by atoms with E-state index in [4.69, 9.17) is 5.73 Å². The lowest BCUT2D eigenvalue weighted by atomic mass is 10.2. The summed E-state index contributed by atoms with van der Waals surface area (Å²) in [6.07, 6.45) is 3.19. The molecule has 19 heavy (non-hydrogen) atoms. The summed E-state index contributed by atoms with van der Waals surface area (Å²) in [6.45, 7) is 0.798. The molecule has 2 heterocycles. The summed E-state index contributed by atoms with van der Waals surface area (Å²) >= 11 is 1.57. The van der Waals surface area contributed by atoms with E-state index in [1.807, 2.05) is 11.4 Å². The highest BCUT2D eigenvalue weighted by Crippen LogP contribution is 2.15. The van der Waals surface area contributed by atoms with Crippen LogP contribution < -0.4 is 11.1 Å². The van der Waals surface area contributed by atoms with Gasteiger partial charge in [-0.2, -0.15) is 0 Å². The molecule has 0 unspecified atom stereocenters. The van der Waals surface area contributed by atoms with Crippen molar-refractivity contribution in [2.24, 2.45) is 5.73 Å². The standard InChI is InChI=1S/C14H13N3OS/c15-6-1-2-11-5-9-19-13(11)10-17-14(18)12-3-7-16-8-4-12/h3-5,7-9H,6,10,15H2,(H,17,18). The number of hydrogen-bond acceptors (Lipinski definition) is 4. The highest BCUT2D eigenvalue weighted by Gasteiger charge is 2.07. The van der Waals surface area contributed by atoms with Gasteiger partial charge in [0.1, 0.15) is 0 Å². The molecule has 0 spiro atoms. The van der Waals surface area contributed by atoms with Crippen LogP contribution in [0.2, 0.25) is 0 Å². The van der Waals surface area contributed by atoms with Crippen LogP contribution in [0, 0.1) is 11.8 Å². The molecule has 0 radical (unpaired) electrons. The third-order valence-corrected chi connectivity index (χ3v) is 3.34. The number of nitrogens with one attached hydrogen (secondary N) is 1. The first-order chi connectivity index (χ1) is 9.31. The third kappa shape index (κ3) is 3.65. The summed E-state index contributed by atoms with van der Waals surface area (Å²) in [5.41, 5.74) is 6.87. The molecule has 0 saturated carbocycles. The molecule has 0 saturated heterocycles.